The molecule has 12 heteroatoms. The van der Waals surface area contributed by atoms with Crippen molar-refractivity contribution in [2.45, 2.75) is 38.6 Å². The molecular weight excluding hydrogens is 480 g/mol. The predicted octanol–water partition coefficient (Wildman–Crippen LogP) is 2.64. The number of hydrogen-bond acceptors (Lipinski definition) is 7. The Labute approximate surface area is 202 Å². The number of rotatable bonds is 8. The number of primary amides is 1. The molecule has 0 spiro atoms. The van der Waals surface area contributed by atoms with E-state index in [1.54, 1.807) is 20.8 Å². The minimum Gasteiger partial charge on any atom is -0.450 e. The van der Waals surface area contributed by atoms with E-state index in [0.717, 1.165) is 4.88 Å². The van der Waals surface area contributed by atoms with Crippen LogP contribution in [0.3, 0.4) is 0 Å². The van der Waals surface area contributed by atoms with Crippen LogP contribution in [0.25, 0.3) is 0 Å². The number of nitrogens with zero attached hydrogens (tertiary/aromatic N) is 2. The van der Waals surface area contributed by atoms with Crippen molar-refractivity contribution >= 4 is 44.3 Å². The standard InChI is InChI=1S/C22H28N4O6S2/c1-4-26(5-2)34(30,31)15-9-7-14(8-10-15)20(28)24-21-18(19(23)27)16-11-12-25(13-17(16)33-21)22(29)32-6-3/h7-10H,4-6,11-13H2,1-3H3,(H2,23,27)(H,24,28). The highest BCUT2D eigenvalue weighted by Crippen LogP contribution is 2.37. The Morgan fingerprint density at radius 1 is 1.15 bits per heavy atom. The molecule has 2 heterocycles. The largest absolute Gasteiger partial charge is 0.450 e. The van der Waals surface area contributed by atoms with E-state index in [1.165, 1.54) is 44.8 Å². The van der Waals surface area contributed by atoms with Crippen LogP contribution in [-0.2, 0) is 27.7 Å². The topological polar surface area (TPSA) is 139 Å². The van der Waals surface area contributed by atoms with Gasteiger partial charge in [0.15, 0.2) is 0 Å². The highest BCUT2D eigenvalue weighted by atomic mass is 32.2. The molecule has 3 N–H and O–H groups in total. The maximum Gasteiger partial charge on any atom is 0.410 e. The first-order valence-electron chi connectivity index (χ1n) is 10.9. The summed E-state index contributed by atoms with van der Waals surface area (Å²) in [7, 11) is -3.64. The van der Waals surface area contributed by atoms with Crippen molar-refractivity contribution in [3.63, 3.8) is 0 Å². The van der Waals surface area contributed by atoms with Crippen molar-refractivity contribution in [2.24, 2.45) is 5.73 Å². The van der Waals surface area contributed by atoms with Gasteiger partial charge in [0.1, 0.15) is 5.00 Å². The third-order valence-corrected chi connectivity index (χ3v) is 8.71. The minimum absolute atomic E-state index is 0.0937. The van der Waals surface area contributed by atoms with Gasteiger partial charge in [0.2, 0.25) is 10.0 Å². The van der Waals surface area contributed by atoms with E-state index in [9.17, 15) is 22.8 Å². The lowest BCUT2D eigenvalue weighted by Crippen LogP contribution is -2.36. The van der Waals surface area contributed by atoms with Crippen molar-refractivity contribution in [1.82, 2.24) is 9.21 Å². The highest BCUT2D eigenvalue weighted by molar-refractivity contribution is 7.89. The number of carbonyl (C=O) groups is 3. The first-order chi connectivity index (χ1) is 16.1. The van der Waals surface area contributed by atoms with E-state index < -0.39 is 27.9 Å². The van der Waals surface area contributed by atoms with Gasteiger partial charge in [-0.05, 0) is 43.2 Å². The second-order valence-corrected chi connectivity index (χ2v) is 10.6. The summed E-state index contributed by atoms with van der Waals surface area (Å²) in [6.07, 6.45) is -0.0241. The number of amides is 3. The Bertz CT molecular complexity index is 1190. The van der Waals surface area contributed by atoms with Crippen LogP contribution in [0.5, 0.6) is 0 Å². The molecule has 0 aliphatic carbocycles. The SMILES string of the molecule is CCOC(=O)N1CCc2c(sc(NC(=O)c3ccc(S(=O)(=O)N(CC)CC)cc3)c2C(N)=O)C1. The predicted molar refractivity (Wildman–Crippen MR) is 128 cm³/mol. The van der Waals surface area contributed by atoms with Crippen molar-refractivity contribution in [1.29, 1.82) is 0 Å². The Morgan fingerprint density at radius 3 is 2.35 bits per heavy atom. The molecule has 0 fully saturated rings. The van der Waals surface area contributed by atoms with Gasteiger partial charge < -0.3 is 20.7 Å². The maximum atomic E-state index is 12.9. The van der Waals surface area contributed by atoms with E-state index in [2.05, 4.69) is 5.32 Å². The molecule has 1 aliphatic heterocycles. The van der Waals surface area contributed by atoms with Gasteiger partial charge >= 0.3 is 6.09 Å². The van der Waals surface area contributed by atoms with Gasteiger partial charge in [-0.2, -0.15) is 4.31 Å². The fourth-order valence-corrected chi connectivity index (χ4v) is 6.51. The molecule has 3 rings (SSSR count). The molecule has 34 heavy (non-hydrogen) atoms. The van der Waals surface area contributed by atoms with Crippen LogP contribution in [-0.4, -0.2) is 61.8 Å². The van der Waals surface area contributed by atoms with Crippen LogP contribution in [0.4, 0.5) is 9.80 Å². The van der Waals surface area contributed by atoms with E-state index in [-0.39, 0.29) is 29.2 Å². The van der Waals surface area contributed by atoms with E-state index in [1.807, 2.05) is 0 Å². The lowest BCUT2D eigenvalue weighted by molar-refractivity contribution is 0.0997. The number of nitrogens with two attached hydrogens (primary N) is 1. The van der Waals surface area contributed by atoms with Crippen molar-refractivity contribution in [3.8, 4) is 0 Å². The number of benzene rings is 1. The lowest BCUT2D eigenvalue weighted by Gasteiger charge is -2.26. The summed E-state index contributed by atoms with van der Waals surface area (Å²) < 4.78 is 31.7. The van der Waals surface area contributed by atoms with E-state index in [4.69, 9.17) is 10.5 Å². The fraction of sp³-hybridized carbons (Fsp3) is 0.409. The smallest absolute Gasteiger partial charge is 0.410 e. The number of fused-ring (bicyclic) bond motifs is 1. The second-order valence-electron chi connectivity index (χ2n) is 7.51. The molecule has 2 aromatic rings. The average molecular weight is 509 g/mol. The Morgan fingerprint density at radius 2 is 1.79 bits per heavy atom. The van der Waals surface area contributed by atoms with Crippen molar-refractivity contribution in [2.75, 3.05) is 31.6 Å². The molecule has 0 atom stereocenters. The molecule has 184 valence electrons. The highest BCUT2D eigenvalue weighted by Gasteiger charge is 2.30. The summed E-state index contributed by atoms with van der Waals surface area (Å²) in [4.78, 5) is 39.5. The number of anilines is 1. The van der Waals surface area contributed by atoms with E-state index in [0.29, 0.717) is 36.6 Å². The van der Waals surface area contributed by atoms with Gasteiger partial charge in [-0.25, -0.2) is 13.2 Å². The normalized spacial score (nSPS) is 13.5. The first-order valence-corrected chi connectivity index (χ1v) is 13.2. The van der Waals surface area contributed by atoms with Crippen LogP contribution in [0.1, 0.15) is 51.9 Å². The van der Waals surface area contributed by atoms with Crippen LogP contribution < -0.4 is 11.1 Å². The molecule has 1 aromatic heterocycles. The molecule has 0 radical (unpaired) electrons. The van der Waals surface area contributed by atoms with Gasteiger partial charge in [-0.1, -0.05) is 13.8 Å². The first kappa shape index (κ1) is 25.7. The molecular formula is C22H28N4O6S2. The number of sulfonamides is 1. The number of hydrogen-bond donors (Lipinski definition) is 2. The fourth-order valence-electron chi connectivity index (χ4n) is 3.79. The molecule has 3 amide bonds. The Hall–Kier alpha value is -2.96. The number of carbonyl (C=O) groups excluding carboxylic acids is 3. The van der Waals surface area contributed by atoms with Gasteiger partial charge in [0.05, 0.1) is 23.6 Å². The monoisotopic (exact) mass is 508 g/mol. The molecule has 0 bridgehead atoms. The van der Waals surface area contributed by atoms with Gasteiger partial charge in [0, 0.05) is 30.1 Å². The molecule has 1 aromatic carbocycles. The van der Waals surface area contributed by atoms with Gasteiger partial charge in [0.25, 0.3) is 11.8 Å². The lowest BCUT2D eigenvalue weighted by atomic mass is 10.0. The van der Waals surface area contributed by atoms with Crippen LogP contribution in [0.15, 0.2) is 29.2 Å². The molecule has 0 saturated carbocycles. The average Bonchev–Trinajstić information content (AvgIpc) is 3.17. The minimum atomic E-state index is -3.64. The van der Waals surface area contributed by atoms with Crippen LogP contribution in [0.2, 0.25) is 0 Å². The van der Waals surface area contributed by atoms with Gasteiger partial charge in [-0.15, -0.1) is 11.3 Å². The Kier molecular flexibility index (Phi) is 7.95. The van der Waals surface area contributed by atoms with Crippen molar-refractivity contribution in [3.05, 3.63) is 45.8 Å². The quantitative estimate of drug-likeness (QED) is 0.562. The van der Waals surface area contributed by atoms with E-state index >= 15 is 0 Å². The summed E-state index contributed by atoms with van der Waals surface area (Å²) in [5.74, 6) is -1.17. The van der Waals surface area contributed by atoms with Gasteiger partial charge in [-0.3, -0.25) is 9.59 Å². The summed E-state index contributed by atoms with van der Waals surface area (Å²) in [5, 5.41) is 3.02. The Balaban J connectivity index is 1.83. The zero-order valence-corrected chi connectivity index (χ0v) is 20.9. The third kappa shape index (κ3) is 5.08. The number of thiophene rings is 1. The van der Waals surface area contributed by atoms with Crippen LogP contribution in [0, 0.1) is 0 Å². The second kappa shape index (κ2) is 10.5. The summed E-state index contributed by atoms with van der Waals surface area (Å²) >= 11 is 1.19. The molecule has 10 nitrogen and oxygen atoms in total. The number of nitrogens with one attached hydrogen (secondary N) is 1. The third-order valence-electron chi connectivity index (χ3n) is 5.52. The zero-order valence-electron chi connectivity index (χ0n) is 19.3. The molecule has 0 unspecified atom stereocenters. The molecule has 0 saturated heterocycles. The number of ether oxygens (including phenoxy) is 1. The van der Waals surface area contributed by atoms with Crippen LogP contribution >= 0.6 is 11.3 Å². The summed E-state index contributed by atoms with van der Waals surface area (Å²) in [5.41, 5.74) is 6.78. The maximum absolute atomic E-state index is 12.9. The van der Waals surface area contributed by atoms with Crippen molar-refractivity contribution < 1.29 is 27.5 Å². The summed E-state index contributed by atoms with van der Waals surface area (Å²) in [6.45, 7) is 6.81. The molecule has 1 aliphatic rings. The summed E-state index contributed by atoms with van der Waals surface area (Å²) in [6, 6.07) is 5.61. The zero-order chi connectivity index (χ0) is 25.0.